The number of rotatable bonds is 9. The number of carbonyl (C=O) groups excluding carboxylic acids is 3. The Morgan fingerprint density at radius 3 is 2.29 bits per heavy atom. The zero-order valence-corrected chi connectivity index (χ0v) is 22.5. The highest BCUT2D eigenvalue weighted by atomic mass is 35.5. The first-order valence-corrected chi connectivity index (χ1v) is 13.1. The molecule has 0 spiro atoms. The van der Waals surface area contributed by atoms with Gasteiger partial charge in [-0.25, -0.2) is 4.79 Å². The summed E-state index contributed by atoms with van der Waals surface area (Å²) in [6, 6.07) is 20.3. The molecule has 1 aromatic heterocycles. The van der Waals surface area contributed by atoms with Gasteiger partial charge in [-0.15, -0.1) is 11.3 Å². The maximum Gasteiger partial charge on any atom is 0.341 e. The summed E-state index contributed by atoms with van der Waals surface area (Å²) in [5, 5.41) is 8.62. The van der Waals surface area contributed by atoms with Gasteiger partial charge in [0.05, 0.1) is 17.3 Å². The van der Waals surface area contributed by atoms with Crippen molar-refractivity contribution < 1.29 is 23.9 Å². The van der Waals surface area contributed by atoms with Crippen LogP contribution in [0.2, 0.25) is 10.0 Å². The van der Waals surface area contributed by atoms with Crippen LogP contribution >= 0.6 is 34.5 Å². The number of thiophene rings is 1. The molecule has 4 aromatic rings. The van der Waals surface area contributed by atoms with E-state index in [1.165, 1.54) is 11.3 Å². The second kappa shape index (κ2) is 12.6. The molecule has 0 saturated heterocycles. The first-order valence-electron chi connectivity index (χ1n) is 11.5. The third kappa shape index (κ3) is 6.72. The second-order valence-electron chi connectivity index (χ2n) is 7.88. The summed E-state index contributed by atoms with van der Waals surface area (Å²) in [5.74, 6) is -0.933. The van der Waals surface area contributed by atoms with Gasteiger partial charge in [0.15, 0.2) is 6.61 Å². The monoisotopic (exact) mass is 568 g/mol. The van der Waals surface area contributed by atoms with Crippen LogP contribution in [0, 0.1) is 0 Å². The minimum Gasteiger partial charge on any atom is -0.484 e. The Hall–Kier alpha value is -3.85. The molecular weight excluding hydrogens is 547 g/mol. The molecule has 0 bridgehead atoms. The fourth-order valence-corrected chi connectivity index (χ4v) is 4.75. The molecule has 0 saturated carbocycles. The lowest BCUT2D eigenvalue weighted by Crippen LogP contribution is -2.21. The van der Waals surface area contributed by atoms with Crippen LogP contribution in [0.15, 0.2) is 78.2 Å². The normalized spacial score (nSPS) is 10.5. The van der Waals surface area contributed by atoms with Crippen LogP contribution < -0.4 is 15.4 Å². The summed E-state index contributed by atoms with van der Waals surface area (Å²) < 4.78 is 10.8. The Morgan fingerprint density at radius 1 is 0.895 bits per heavy atom. The van der Waals surface area contributed by atoms with Gasteiger partial charge in [-0.05, 0) is 61.0 Å². The van der Waals surface area contributed by atoms with Crippen molar-refractivity contribution in [2.24, 2.45) is 0 Å². The van der Waals surface area contributed by atoms with E-state index in [1.54, 1.807) is 85.1 Å². The van der Waals surface area contributed by atoms with E-state index >= 15 is 0 Å². The summed E-state index contributed by atoms with van der Waals surface area (Å²) >= 11 is 13.3. The predicted octanol–water partition coefficient (Wildman–Crippen LogP) is 7.17. The molecule has 0 radical (unpaired) electrons. The quantitative estimate of drug-likeness (QED) is 0.209. The lowest BCUT2D eigenvalue weighted by Gasteiger charge is -2.10. The van der Waals surface area contributed by atoms with Crippen molar-refractivity contribution in [3.8, 4) is 16.9 Å². The Balaban J connectivity index is 1.40. The Morgan fingerprint density at radius 2 is 1.61 bits per heavy atom. The van der Waals surface area contributed by atoms with Gasteiger partial charge >= 0.3 is 5.97 Å². The van der Waals surface area contributed by atoms with Crippen molar-refractivity contribution in [3.63, 3.8) is 0 Å². The first-order chi connectivity index (χ1) is 18.4. The van der Waals surface area contributed by atoms with Crippen LogP contribution in [0.25, 0.3) is 11.1 Å². The number of hydrogen-bond donors (Lipinski definition) is 2. The first kappa shape index (κ1) is 27.2. The average molecular weight is 569 g/mol. The highest BCUT2D eigenvalue weighted by molar-refractivity contribution is 7.15. The summed E-state index contributed by atoms with van der Waals surface area (Å²) in [4.78, 5) is 37.8. The lowest BCUT2D eigenvalue weighted by molar-refractivity contribution is -0.118. The molecule has 0 aliphatic rings. The van der Waals surface area contributed by atoms with Crippen LogP contribution in [0.3, 0.4) is 0 Å². The van der Waals surface area contributed by atoms with E-state index in [-0.39, 0.29) is 24.7 Å². The number of esters is 1. The van der Waals surface area contributed by atoms with Crippen LogP contribution in [-0.2, 0) is 9.53 Å². The van der Waals surface area contributed by atoms with Gasteiger partial charge in [0.2, 0.25) is 0 Å². The topological polar surface area (TPSA) is 93.7 Å². The van der Waals surface area contributed by atoms with Crippen molar-refractivity contribution in [2.45, 2.75) is 6.92 Å². The third-order valence-corrected chi connectivity index (χ3v) is 6.76. The second-order valence-corrected chi connectivity index (χ2v) is 9.60. The number of hydrogen-bond acceptors (Lipinski definition) is 6. The maximum atomic E-state index is 12.7. The third-order valence-electron chi connectivity index (χ3n) is 5.29. The number of para-hydroxylation sites is 1. The van der Waals surface area contributed by atoms with E-state index < -0.39 is 11.9 Å². The number of nitrogens with one attached hydrogen (secondary N) is 2. The molecule has 0 unspecified atom stereocenters. The summed E-state index contributed by atoms with van der Waals surface area (Å²) in [7, 11) is 0. The molecule has 194 valence electrons. The summed E-state index contributed by atoms with van der Waals surface area (Å²) in [6.07, 6.45) is 0. The molecule has 7 nitrogen and oxygen atoms in total. The van der Waals surface area contributed by atoms with Crippen molar-refractivity contribution in [3.05, 3.63) is 99.3 Å². The molecule has 38 heavy (non-hydrogen) atoms. The van der Waals surface area contributed by atoms with Gasteiger partial charge in [-0.3, -0.25) is 9.59 Å². The Kier molecular flexibility index (Phi) is 9.02. The van der Waals surface area contributed by atoms with Gasteiger partial charge in [0.1, 0.15) is 16.3 Å². The van der Waals surface area contributed by atoms with E-state index in [2.05, 4.69) is 10.6 Å². The largest absolute Gasteiger partial charge is 0.484 e. The standard InChI is InChI=1S/C28H22Cl2N2O5S/c1-2-36-28(35)25-21(17-7-11-19(29)12-8-17)16-38-27(25)32-24(33)15-37-20-13-9-18(10-14-20)26(34)31-23-6-4-3-5-22(23)30/h3-14,16H,2,15H2,1H3,(H,31,34)(H,32,33). The van der Waals surface area contributed by atoms with Crippen molar-refractivity contribution in [1.82, 2.24) is 0 Å². The highest BCUT2D eigenvalue weighted by Gasteiger charge is 2.23. The highest BCUT2D eigenvalue weighted by Crippen LogP contribution is 2.36. The van der Waals surface area contributed by atoms with Crippen molar-refractivity contribution >= 4 is 63.0 Å². The summed E-state index contributed by atoms with van der Waals surface area (Å²) in [6.45, 7) is 1.60. The molecule has 4 rings (SSSR count). The SMILES string of the molecule is CCOC(=O)c1c(-c2ccc(Cl)cc2)csc1NC(=O)COc1ccc(C(=O)Nc2ccccc2Cl)cc1. The van der Waals surface area contributed by atoms with Gasteiger partial charge in [-0.1, -0.05) is 47.5 Å². The van der Waals surface area contributed by atoms with Crippen LogP contribution in [0.4, 0.5) is 10.7 Å². The van der Waals surface area contributed by atoms with E-state index in [1.807, 2.05) is 0 Å². The molecule has 3 aromatic carbocycles. The smallest absolute Gasteiger partial charge is 0.341 e. The molecule has 2 N–H and O–H groups in total. The molecule has 0 aliphatic carbocycles. The van der Waals surface area contributed by atoms with Gasteiger partial charge in [0.25, 0.3) is 11.8 Å². The number of halogens is 2. The Labute approximate surface area is 233 Å². The summed E-state index contributed by atoms with van der Waals surface area (Å²) in [5.41, 5.74) is 2.57. The minimum absolute atomic E-state index is 0.192. The molecule has 0 fully saturated rings. The van der Waals surface area contributed by atoms with Crippen LogP contribution in [0.5, 0.6) is 5.75 Å². The maximum absolute atomic E-state index is 12.7. The number of amides is 2. The molecule has 10 heteroatoms. The zero-order valence-electron chi connectivity index (χ0n) is 20.1. The molecule has 0 aliphatic heterocycles. The number of carbonyl (C=O) groups is 3. The van der Waals surface area contributed by atoms with E-state index in [4.69, 9.17) is 32.7 Å². The lowest BCUT2D eigenvalue weighted by atomic mass is 10.0. The molecular formula is C28H22Cl2N2O5S. The molecule has 0 atom stereocenters. The average Bonchev–Trinajstić information content (AvgIpc) is 3.33. The zero-order chi connectivity index (χ0) is 27.1. The molecule has 1 heterocycles. The fraction of sp³-hybridized carbons (Fsp3) is 0.107. The predicted molar refractivity (Wildman–Crippen MR) is 151 cm³/mol. The number of ether oxygens (including phenoxy) is 2. The van der Waals surface area contributed by atoms with Crippen LogP contribution in [-0.4, -0.2) is 31.0 Å². The van der Waals surface area contributed by atoms with Crippen molar-refractivity contribution in [1.29, 1.82) is 0 Å². The van der Waals surface area contributed by atoms with E-state index in [0.717, 1.165) is 5.56 Å². The number of anilines is 2. The number of benzene rings is 3. The Bertz CT molecular complexity index is 1450. The van der Waals surface area contributed by atoms with E-state index in [9.17, 15) is 14.4 Å². The minimum atomic E-state index is -0.541. The van der Waals surface area contributed by atoms with Gasteiger partial charge in [0, 0.05) is 21.5 Å². The van der Waals surface area contributed by atoms with Crippen LogP contribution in [0.1, 0.15) is 27.6 Å². The van der Waals surface area contributed by atoms with Gasteiger partial charge in [-0.2, -0.15) is 0 Å². The molecule has 2 amide bonds. The van der Waals surface area contributed by atoms with Crippen molar-refractivity contribution in [2.75, 3.05) is 23.8 Å². The van der Waals surface area contributed by atoms with Gasteiger partial charge < -0.3 is 20.1 Å². The fourth-order valence-electron chi connectivity index (χ4n) is 3.47. The van der Waals surface area contributed by atoms with E-state index in [0.29, 0.717) is 37.6 Å².